The van der Waals surface area contributed by atoms with Crippen LogP contribution in [0, 0.1) is 6.92 Å². The molecule has 2 N–H and O–H groups in total. The van der Waals surface area contributed by atoms with Gasteiger partial charge in [-0.05, 0) is 26.8 Å². The van der Waals surface area contributed by atoms with Crippen LogP contribution in [0.1, 0.15) is 25.2 Å². The Morgan fingerprint density at radius 1 is 1.53 bits per heavy atom. The van der Waals surface area contributed by atoms with Gasteiger partial charge in [0.05, 0.1) is 11.4 Å². The molecule has 8 heteroatoms. The summed E-state index contributed by atoms with van der Waals surface area (Å²) in [6, 6.07) is 1.62. The predicted octanol–water partition coefficient (Wildman–Crippen LogP) is 1.71. The fourth-order valence-electron chi connectivity index (χ4n) is 1.58. The van der Waals surface area contributed by atoms with Gasteiger partial charge >= 0.3 is 12.1 Å². The van der Waals surface area contributed by atoms with Crippen molar-refractivity contribution in [3.63, 3.8) is 0 Å². The molecule has 0 saturated heterocycles. The second-order valence-electron chi connectivity index (χ2n) is 4.37. The molecule has 19 heavy (non-hydrogen) atoms. The molecule has 0 radical (unpaired) electrons. The number of nitrogens with one attached hydrogen (secondary N) is 1. The number of carbonyl (C=O) groups is 1. The number of alkyl halides is 3. The zero-order valence-corrected chi connectivity index (χ0v) is 10.9. The van der Waals surface area contributed by atoms with Gasteiger partial charge in [0.2, 0.25) is 5.54 Å². The molecule has 1 unspecified atom stereocenters. The molecule has 5 nitrogen and oxygen atoms in total. The van der Waals surface area contributed by atoms with E-state index in [0.717, 1.165) is 0 Å². The molecular weight excluding hydrogens is 263 g/mol. The molecule has 1 rings (SSSR count). The Balaban J connectivity index is 2.92. The highest BCUT2D eigenvalue weighted by atomic mass is 19.4. The molecule has 0 amide bonds. The first-order valence-electron chi connectivity index (χ1n) is 5.70. The lowest BCUT2D eigenvalue weighted by atomic mass is 10.0. The smallest absolute Gasteiger partial charge is 0.417 e. The standard InChI is InChI=1S/C11H16F3N3O2/c1-4-17-8(5-7(2)16-17)6-15-10(3,9(18)19)11(12,13)14/h5,15H,4,6H2,1-3H3,(H,18,19). The first-order valence-corrected chi connectivity index (χ1v) is 5.70. The molecule has 0 aliphatic rings. The average molecular weight is 279 g/mol. The van der Waals surface area contributed by atoms with Crippen LogP contribution >= 0.6 is 0 Å². The van der Waals surface area contributed by atoms with Crippen molar-refractivity contribution in [1.29, 1.82) is 0 Å². The zero-order valence-electron chi connectivity index (χ0n) is 10.9. The number of rotatable bonds is 5. The summed E-state index contributed by atoms with van der Waals surface area (Å²) in [7, 11) is 0. The van der Waals surface area contributed by atoms with E-state index < -0.39 is 17.7 Å². The summed E-state index contributed by atoms with van der Waals surface area (Å²) >= 11 is 0. The zero-order chi connectivity index (χ0) is 14.8. The highest BCUT2D eigenvalue weighted by Gasteiger charge is 2.57. The van der Waals surface area contributed by atoms with Crippen molar-refractivity contribution in [3.8, 4) is 0 Å². The van der Waals surface area contributed by atoms with Gasteiger partial charge in [-0.2, -0.15) is 18.3 Å². The first-order chi connectivity index (χ1) is 8.61. The number of hydrogen-bond acceptors (Lipinski definition) is 3. The largest absolute Gasteiger partial charge is 0.480 e. The summed E-state index contributed by atoms with van der Waals surface area (Å²) in [5.74, 6) is -1.96. The van der Waals surface area contributed by atoms with E-state index in [9.17, 15) is 18.0 Å². The maximum absolute atomic E-state index is 12.8. The molecule has 0 aliphatic carbocycles. The summed E-state index contributed by atoms with van der Waals surface area (Å²) < 4.78 is 39.9. The summed E-state index contributed by atoms with van der Waals surface area (Å²) in [6.45, 7) is 4.40. The fourth-order valence-corrected chi connectivity index (χ4v) is 1.58. The van der Waals surface area contributed by atoms with E-state index in [1.165, 1.54) is 4.68 Å². The van der Waals surface area contributed by atoms with Gasteiger partial charge in [-0.15, -0.1) is 0 Å². The lowest BCUT2D eigenvalue weighted by Crippen LogP contribution is -2.59. The molecule has 0 aliphatic heterocycles. The molecule has 0 spiro atoms. The van der Waals surface area contributed by atoms with Crippen LogP contribution in [0.15, 0.2) is 6.07 Å². The van der Waals surface area contributed by atoms with Crippen LogP contribution < -0.4 is 5.32 Å². The van der Waals surface area contributed by atoms with Crippen LogP contribution in [0.25, 0.3) is 0 Å². The van der Waals surface area contributed by atoms with Gasteiger partial charge in [0, 0.05) is 13.1 Å². The van der Waals surface area contributed by atoms with Crippen molar-refractivity contribution in [2.45, 2.75) is 45.6 Å². The highest BCUT2D eigenvalue weighted by Crippen LogP contribution is 2.30. The van der Waals surface area contributed by atoms with E-state index in [1.54, 1.807) is 19.9 Å². The number of hydrogen-bond donors (Lipinski definition) is 2. The molecule has 1 aromatic rings. The quantitative estimate of drug-likeness (QED) is 0.861. The number of aryl methyl sites for hydroxylation is 2. The molecule has 1 atom stereocenters. The molecule has 0 fully saturated rings. The maximum Gasteiger partial charge on any atom is 0.417 e. The number of carboxylic acid groups (broad SMARTS) is 1. The molecule has 1 aromatic heterocycles. The Morgan fingerprint density at radius 2 is 2.11 bits per heavy atom. The van der Waals surface area contributed by atoms with E-state index in [0.29, 0.717) is 24.9 Å². The van der Waals surface area contributed by atoms with Crippen molar-refractivity contribution < 1.29 is 23.1 Å². The third kappa shape index (κ3) is 3.06. The summed E-state index contributed by atoms with van der Waals surface area (Å²) in [6.07, 6.45) is -4.88. The van der Waals surface area contributed by atoms with Gasteiger partial charge in [-0.25, -0.2) is 4.79 Å². The van der Waals surface area contributed by atoms with Crippen molar-refractivity contribution in [1.82, 2.24) is 15.1 Å². The van der Waals surface area contributed by atoms with Crippen LogP contribution in [0.3, 0.4) is 0 Å². The van der Waals surface area contributed by atoms with Crippen molar-refractivity contribution in [2.24, 2.45) is 0 Å². The van der Waals surface area contributed by atoms with Gasteiger partial charge in [0.15, 0.2) is 0 Å². The second-order valence-corrected chi connectivity index (χ2v) is 4.37. The van der Waals surface area contributed by atoms with Crippen LogP contribution in [0.2, 0.25) is 0 Å². The lowest BCUT2D eigenvalue weighted by molar-refractivity contribution is -0.206. The third-order valence-corrected chi connectivity index (χ3v) is 2.90. The van der Waals surface area contributed by atoms with E-state index >= 15 is 0 Å². The number of nitrogens with zero attached hydrogens (tertiary/aromatic N) is 2. The fraction of sp³-hybridized carbons (Fsp3) is 0.636. The van der Waals surface area contributed by atoms with E-state index in [1.807, 2.05) is 0 Å². The van der Waals surface area contributed by atoms with Crippen LogP contribution in [0.5, 0.6) is 0 Å². The minimum absolute atomic E-state index is 0.225. The van der Waals surface area contributed by atoms with E-state index in [2.05, 4.69) is 10.4 Å². The van der Waals surface area contributed by atoms with Crippen LogP contribution in [-0.4, -0.2) is 32.6 Å². The SMILES string of the molecule is CCn1nc(C)cc1CNC(C)(C(=O)O)C(F)(F)F. The summed E-state index contributed by atoms with van der Waals surface area (Å²) in [4.78, 5) is 10.8. The van der Waals surface area contributed by atoms with Crippen molar-refractivity contribution in [2.75, 3.05) is 0 Å². The number of aromatic nitrogens is 2. The number of aliphatic carboxylic acids is 1. The molecule has 1 heterocycles. The minimum atomic E-state index is -4.88. The molecule has 108 valence electrons. The topological polar surface area (TPSA) is 67.2 Å². The summed E-state index contributed by atoms with van der Waals surface area (Å²) in [5.41, 5.74) is -1.80. The molecule has 0 aromatic carbocycles. The van der Waals surface area contributed by atoms with E-state index in [4.69, 9.17) is 5.11 Å². The Bertz CT molecular complexity index is 470. The van der Waals surface area contributed by atoms with Crippen LogP contribution in [-0.2, 0) is 17.9 Å². The van der Waals surface area contributed by atoms with Gasteiger partial charge in [0.25, 0.3) is 0 Å². The Hall–Kier alpha value is -1.57. The lowest BCUT2D eigenvalue weighted by Gasteiger charge is -2.28. The number of halogens is 3. The Morgan fingerprint density at radius 3 is 2.53 bits per heavy atom. The predicted molar refractivity (Wildman–Crippen MR) is 61.6 cm³/mol. The van der Waals surface area contributed by atoms with Crippen LogP contribution in [0.4, 0.5) is 13.2 Å². The minimum Gasteiger partial charge on any atom is -0.480 e. The Labute approximate surface area is 108 Å². The van der Waals surface area contributed by atoms with Crippen molar-refractivity contribution in [3.05, 3.63) is 17.5 Å². The van der Waals surface area contributed by atoms with Gasteiger partial charge in [0.1, 0.15) is 0 Å². The van der Waals surface area contributed by atoms with Gasteiger partial charge in [-0.1, -0.05) is 0 Å². The highest BCUT2D eigenvalue weighted by molar-refractivity contribution is 5.79. The first kappa shape index (κ1) is 15.5. The van der Waals surface area contributed by atoms with Crippen molar-refractivity contribution >= 4 is 5.97 Å². The monoisotopic (exact) mass is 279 g/mol. The Kier molecular flexibility index (Phi) is 4.24. The number of carboxylic acids is 1. The molecule has 0 bridgehead atoms. The summed E-state index contributed by atoms with van der Waals surface area (Å²) in [5, 5.41) is 14.9. The normalized spacial score (nSPS) is 15.3. The third-order valence-electron chi connectivity index (χ3n) is 2.90. The van der Waals surface area contributed by atoms with Gasteiger partial charge in [-0.3, -0.25) is 10.00 Å². The van der Waals surface area contributed by atoms with Gasteiger partial charge < -0.3 is 5.11 Å². The second kappa shape index (κ2) is 5.20. The van der Waals surface area contributed by atoms with E-state index in [-0.39, 0.29) is 6.54 Å². The molecule has 0 saturated carbocycles. The molecular formula is C11H16F3N3O2. The maximum atomic E-state index is 12.8. The average Bonchev–Trinajstić information content (AvgIpc) is 2.64.